The number of ether oxygens (including phenoxy) is 1. The highest BCUT2D eigenvalue weighted by molar-refractivity contribution is 5.76. The fraction of sp³-hybridized carbons (Fsp3) is 0.278. The molecule has 0 bridgehead atoms. The molecule has 1 atom stereocenters. The molecule has 2 aromatic carbocycles. The summed E-state index contributed by atoms with van der Waals surface area (Å²) in [5.74, 6) is -0.464. The van der Waals surface area contributed by atoms with Crippen molar-refractivity contribution in [2.75, 3.05) is 6.61 Å². The lowest BCUT2D eigenvalue weighted by Gasteiger charge is -2.16. The van der Waals surface area contributed by atoms with Gasteiger partial charge in [-0.1, -0.05) is 24.3 Å². The number of rotatable bonds is 5. The molecule has 0 saturated carbocycles. The average molecular weight is 350 g/mol. The van der Waals surface area contributed by atoms with E-state index in [0.717, 1.165) is 10.1 Å². The van der Waals surface area contributed by atoms with Gasteiger partial charge in [-0.2, -0.15) is 13.2 Å². The first-order chi connectivity index (χ1) is 11.8. The summed E-state index contributed by atoms with van der Waals surface area (Å²) in [6.45, 7) is 1.52. The second-order valence-corrected chi connectivity index (χ2v) is 5.81. The minimum atomic E-state index is -4.60. The maximum absolute atomic E-state index is 13.2. The second kappa shape index (κ2) is 6.76. The third-order valence-electron chi connectivity index (χ3n) is 3.73. The van der Waals surface area contributed by atoms with Crippen LogP contribution in [0.4, 0.5) is 13.2 Å². The second-order valence-electron chi connectivity index (χ2n) is 5.81. The molecule has 0 aliphatic rings. The average Bonchev–Trinajstić information content (AvgIpc) is 2.92. The van der Waals surface area contributed by atoms with Gasteiger partial charge in [-0.25, -0.2) is 4.98 Å². The molecule has 0 spiro atoms. The molecule has 0 fully saturated rings. The van der Waals surface area contributed by atoms with Gasteiger partial charge < -0.3 is 14.4 Å². The van der Waals surface area contributed by atoms with E-state index in [1.165, 1.54) is 6.07 Å². The number of fused-ring (bicyclic) bond motifs is 1. The Morgan fingerprint density at radius 2 is 1.92 bits per heavy atom. The van der Waals surface area contributed by atoms with Crippen LogP contribution in [0.1, 0.15) is 11.4 Å². The Labute approximate surface area is 142 Å². The van der Waals surface area contributed by atoms with Crippen molar-refractivity contribution >= 4 is 11.0 Å². The van der Waals surface area contributed by atoms with Crippen LogP contribution in [0.3, 0.4) is 0 Å². The van der Waals surface area contributed by atoms with Gasteiger partial charge in [0.15, 0.2) is 0 Å². The predicted octanol–water partition coefficient (Wildman–Crippen LogP) is 3.80. The van der Waals surface area contributed by atoms with Crippen LogP contribution in [0.5, 0.6) is 5.75 Å². The summed E-state index contributed by atoms with van der Waals surface area (Å²) in [5.41, 5.74) is 1.55. The van der Waals surface area contributed by atoms with Crippen molar-refractivity contribution in [2.45, 2.75) is 25.7 Å². The van der Waals surface area contributed by atoms with E-state index in [1.807, 2.05) is 19.1 Å². The van der Waals surface area contributed by atoms with E-state index in [-0.39, 0.29) is 18.7 Å². The summed E-state index contributed by atoms with van der Waals surface area (Å²) in [5, 5.41) is 10.2. The molecule has 132 valence electrons. The van der Waals surface area contributed by atoms with E-state index in [9.17, 15) is 18.3 Å². The van der Waals surface area contributed by atoms with Crippen LogP contribution in [0.2, 0.25) is 0 Å². The lowest BCUT2D eigenvalue weighted by molar-refractivity contribution is -0.147. The molecule has 0 aliphatic heterocycles. The third-order valence-corrected chi connectivity index (χ3v) is 3.73. The highest BCUT2D eigenvalue weighted by atomic mass is 19.4. The first-order valence-corrected chi connectivity index (χ1v) is 7.74. The molecule has 25 heavy (non-hydrogen) atoms. The smallest absolute Gasteiger partial charge is 0.449 e. The van der Waals surface area contributed by atoms with Crippen molar-refractivity contribution in [1.29, 1.82) is 0 Å². The standard InChI is InChI=1S/C18H17F3N2O2/c1-12-5-4-6-14(9-12)25-11-13(24)10-23-16-8-3-2-7-15(16)22-17(23)18(19,20)21/h2-9,13,24H,10-11H2,1H3. The number of nitrogens with zero attached hydrogens (tertiary/aromatic N) is 2. The van der Waals surface area contributed by atoms with Gasteiger partial charge in [0, 0.05) is 0 Å². The fourth-order valence-corrected chi connectivity index (χ4v) is 2.64. The number of hydrogen-bond acceptors (Lipinski definition) is 3. The quantitative estimate of drug-likeness (QED) is 0.761. The Hall–Kier alpha value is -2.54. The zero-order valence-corrected chi connectivity index (χ0v) is 13.5. The highest BCUT2D eigenvalue weighted by Crippen LogP contribution is 2.31. The maximum Gasteiger partial charge on any atom is 0.449 e. The summed E-state index contributed by atoms with van der Waals surface area (Å²) in [4.78, 5) is 3.65. The van der Waals surface area contributed by atoms with E-state index in [4.69, 9.17) is 4.74 Å². The zero-order chi connectivity index (χ0) is 18.0. The van der Waals surface area contributed by atoms with Crippen molar-refractivity contribution in [2.24, 2.45) is 0 Å². The predicted molar refractivity (Wildman–Crippen MR) is 87.4 cm³/mol. The van der Waals surface area contributed by atoms with Gasteiger partial charge in [0.2, 0.25) is 5.82 Å². The number of para-hydroxylation sites is 2. The molecule has 1 unspecified atom stereocenters. The van der Waals surface area contributed by atoms with Crippen LogP contribution in [0.15, 0.2) is 48.5 Å². The molecule has 0 amide bonds. The highest BCUT2D eigenvalue weighted by Gasteiger charge is 2.37. The van der Waals surface area contributed by atoms with Gasteiger partial charge in [-0.05, 0) is 36.8 Å². The van der Waals surface area contributed by atoms with E-state index >= 15 is 0 Å². The lowest BCUT2D eigenvalue weighted by Crippen LogP contribution is -2.26. The van der Waals surface area contributed by atoms with E-state index < -0.39 is 18.1 Å². The zero-order valence-electron chi connectivity index (χ0n) is 13.5. The van der Waals surface area contributed by atoms with E-state index in [2.05, 4.69) is 4.98 Å². The molecular weight excluding hydrogens is 333 g/mol. The van der Waals surface area contributed by atoms with Crippen molar-refractivity contribution in [1.82, 2.24) is 9.55 Å². The summed E-state index contributed by atoms with van der Waals surface area (Å²) in [6.07, 6.45) is -5.71. The molecular formula is C18H17F3N2O2. The minimum absolute atomic E-state index is 0.118. The number of hydrogen-bond donors (Lipinski definition) is 1. The van der Waals surface area contributed by atoms with Crippen molar-refractivity contribution in [3.05, 3.63) is 59.9 Å². The summed E-state index contributed by atoms with van der Waals surface area (Å²) >= 11 is 0. The van der Waals surface area contributed by atoms with Gasteiger partial charge in [-0.3, -0.25) is 0 Å². The van der Waals surface area contributed by atoms with Gasteiger partial charge in [0.05, 0.1) is 17.6 Å². The Morgan fingerprint density at radius 3 is 2.64 bits per heavy atom. The molecule has 3 aromatic rings. The fourth-order valence-electron chi connectivity index (χ4n) is 2.64. The molecule has 7 heteroatoms. The van der Waals surface area contributed by atoms with Gasteiger partial charge >= 0.3 is 6.18 Å². The third kappa shape index (κ3) is 3.93. The number of halogens is 3. The minimum Gasteiger partial charge on any atom is -0.491 e. The molecule has 0 saturated heterocycles. The van der Waals surface area contributed by atoms with Crippen molar-refractivity contribution in [3.63, 3.8) is 0 Å². The van der Waals surface area contributed by atoms with Gasteiger partial charge in [-0.15, -0.1) is 0 Å². The first-order valence-electron chi connectivity index (χ1n) is 7.74. The Kier molecular flexibility index (Phi) is 4.67. The first kappa shape index (κ1) is 17.3. The van der Waals surface area contributed by atoms with E-state index in [0.29, 0.717) is 11.3 Å². The lowest BCUT2D eigenvalue weighted by atomic mass is 10.2. The van der Waals surface area contributed by atoms with Crippen LogP contribution >= 0.6 is 0 Å². The number of imidazole rings is 1. The number of benzene rings is 2. The van der Waals surface area contributed by atoms with Crippen LogP contribution in [0, 0.1) is 6.92 Å². The topological polar surface area (TPSA) is 47.3 Å². The van der Waals surface area contributed by atoms with E-state index in [1.54, 1.807) is 30.3 Å². The van der Waals surface area contributed by atoms with Crippen LogP contribution < -0.4 is 4.74 Å². The number of aliphatic hydroxyl groups is 1. The molecule has 0 aliphatic carbocycles. The Morgan fingerprint density at radius 1 is 1.16 bits per heavy atom. The van der Waals surface area contributed by atoms with Crippen LogP contribution in [0.25, 0.3) is 11.0 Å². The monoisotopic (exact) mass is 350 g/mol. The normalized spacial score (nSPS) is 13.2. The van der Waals surface area contributed by atoms with Crippen molar-refractivity contribution < 1.29 is 23.0 Å². The molecule has 1 aromatic heterocycles. The Bertz CT molecular complexity index is 874. The number of aromatic nitrogens is 2. The van der Waals surface area contributed by atoms with Crippen molar-refractivity contribution in [3.8, 4) is 5.75 Å². The molecule has 3 rings (SSSR count). The summed E-state index contributed by atoms with van der Waals surface area (Å²) < 4.78 is 46.2. The van der Waals surface area contributed by atoms with Gasteiger partial charge in [0.25, 0.3) is 0 Å². The largest absolute Gasteiger partial charge is 0.491 e. The number of alkyl halides is 3. The van der Waals surface area contributed by atoms with Crippen LogP contribution in [-0.4, -0.2) is 27.4 Å². The summed E-state index contributed by atoms with van der Waals surface area (Å²) in [6, 6.07) is 13.5. The van der Waals surface area contributed by atoms with Crippen LogP contribution in [-0.2, 0) is 12.7 Å². The maximum atomic E-state index is 13.2. The molecule has 1 heterocycles. The van der Waals surface area contributed by atoms with Gasteiger partial charge in [0.1, 0.15) is 18.5 Å². The number of aliphatic hydroxyl groups excluding tert-OH is 1. The number of aryl methyl sites for hydroxylation is 1. The summed E-state index contributed by atoms with van der Waals surface area (Å²) in [7, 11) is 0. The Balaban J connectivity index is 1.79. The molecule has 4 nitrogen and oxygen atoms in total. The molecule has 1 N–H and O–H groups in total. The SMILES string of the molecule is Cc1cccc(OCC(O)Cn2c(C(F)(F)F)nc3ccccc32)c1. The molecule has 0 radical (unpaired) electrons.